The Morgan fingerprint density at radius 2 is 1.85 bits per heavy atom. The van der Waals surface area contributed by atoms with Crippen molar-refractivity contribution in [1.29, 1.82) is 0 Å². The van der Waals surface area contributed by atoms with E-state index in [2.05, 4.69) is 15.9 Å². The van der Waals surface area contributed by atoms with Crippen molar-refractivity contribution in [2.24, 2.45) is 0 Å². The second-order valence-corrected chi connectivity index (χ2v) is 4.84. The molecule has 0 atom stereocenters. The molecule has 0 aromatic heterocycles. The standard InChI is InChI=1S/C12H11BrF5NO/c13-3-4-19(7-12(16,17)18)11(20)6-8-1-2-9(14)10(15)5-8/h1-2,5H,3-4,6-7H2. The van der Waals surface area contributed by atoms with Crippen LogP contribution in [0.2, 0.25) is 0 Å². The number of hydrogen-bond acceptors (Lipinski definition) is 1. The van der Waals surface area contributed by atoms with E-state index in [9.17, 15) is 26.7 Å². The van der Waals surface area contributed by atoms with Crippen molar-refractivity contribution in [3.63, 3.8) is 0 Å². The molecule has 0 saturated heterocycles. The molecule has 0 heterocycles. The molecular weight excluding hydrogens is 349 g/mol. The van der Waals surface area contributed by atoms with Crippen LogP contribution in [0.25, 0.3) is 0 Å². The first-order chi connectivity index (χ1) is 9.23. The Balaban J connectivity index is 2.77. The Labute approximate surface area is 120 Å². The molecule has 1 rings (SSSR count). The highest BCUT2D eigenvalue weighted by Gasteiger charge is 2.32. The molecule has 0 radical (unpaired) electrons. The first kappa shape index (κ1) is 16.9. The van der Waals surface area contributed by atoms with E-state index in [0.29, 0.717) is 4.90 Å². The summed E-state index contributed by atoms with van der Waals surface area (Å²) in [4.78, 5) is 12.4. The third kappa shape index (κ3) is 5.44. The lowest BCUT2D eigenvalue weighted by Crippen LogP contribution is -2.40. The molecule has 0 aliphatic heterocycles. The minimum atomic E-state index is -4.51. The zero-order valence-electron chi connectivity index (χ0n) is 10.2. The van der Waals surface area contributed by atoms with E-state index in [0.717, 1.165) is 18.2 Å². The smallest absolute Gasteiger partial charge is 0.332 e. The molecule has 0 bridgehead atoms. The minimum absolute atomic E-state index is 0.121. The molecule has 8 heteroatoms. The molecule has 2 nitrogen and oxygen atoms in total. The number of amides is 1. The van der Waals surface area contributed by atoms with Crippen molar-refractivity contribution >= 4 is 21.8 Å². The van der Waals surface area contributed by atoms with Gasteiger partial charge in [-0.25, -0.2) is 8.78 Å². The molecule has 0 saturated carbocycles. The van der Waals surface area contributed by atoms with Crippen molar-refractivity contribution in [2.75, 3.05) is 18.4 Å². The Bertz CT molecular complexity index is 477. The highest BCUT2D eigenvalue weighted by Crippen LogP contribution is 2.18. The van der Waals surface area contributed by atoms with Gasteiger partial charge in [-0.3, -0.25) is 4.79 Å². The van der Waals surface area contributed by atoms with Crippen LogP contribution >= 0.6 is 15.9 Å². The van der Waals surface area contributed by atoms with Crippen molar-refractivity contribution in [3.05, 3.63) is 35.4 Å². The molecule has 0 unspecified atom stereocenters. The van der Waals surface area contributed by atoms with E-state index in [1.165, 1.54) is 0 Å². The van der Waals surface area contributed by atoms with Crippen molar-refractivity contribution < 1.29 is 26.7 Å². The first-order valence-corrected chi connectivity index (χ1v) is 6.69. The molecule has 1 aromatic carbocycles. The van der Waals surface area contributed by atoms with Crippen LogP contribution in [0.1, 0.15) is 5.56 Å². The fraction of sp³-hybridized carbons (Fsp3) is 0.417. The van der Waals surface area contributed by atoms with E-state index in [1.54, 1.807) is 0 Å². The van der Waals surface area contributed by atoms with Crippen LogP contribution in [0.3, 0.4) is 0 Å². The minimum Gasteiger partial charge on any atom is -0.332 e. The number of halogens is 6. The molecule has 0 spiro atoms. The van der Waals surface area contributed by atoms with E-state index in [1.807, 2.05) is 0 Å². The maximum absolute atomic E-state index is 13.0. The summed E-state index contributed by atoms with van der Waals surface area (Å²) >= 11 is 2.96. The average molecular weight is 360 g/mol. The number of carbonyl (C=O) groups excluding carboxylic acids is 1. The van der Waals surface area contributed by atoms with Crippen LogP contribution in [-0.4, -0.2) is 35.4 Å². The molecular formula is C12H11BrF5NO. The summed E-state index contributed by atoms with van der Waals surface area (Å²) in [6.45, 7) is -1.50. The highest BCUT2D eigenvalue weighted by atomic mass is 79.9. The fourth-order valence-electron chi connectivity index (χ4n) is 1.55. The molecule has 0 fully saturated rings. The number of nitrogens with zero attached hydrogens (tertiary/aromatic N) is 1. The molecule has 1 aromatic rings. The lowest BCUT2D eigenvalue weighted by Gasteiger charge is -2.23. The molecule has 20 heavy (non-hydrogen) atoms. The molecule has 0 aliphatic carbocycles. The van der Waals surface area contributed by atoms with Crippen LogP contribution in [0, 0.1) is 11.6 Å². The van der Waals surface area contributed by atoms with E-state index in [-0.39, 0.29) is 17.4 Å². The predicted molar refractivity (Wildman–Crippen MR) is 66.5 cm³/mol. The van der Waals surface area contributed by atoms with Gasteiger partial charge in [0.1, 0.15) is 6.54 Å². The summed E-state index contributed by atoms with van der Waals surface area (Å²) in [7, 11) is 0. The lowest BCUT2D eigenvalue weighted by molar-refractivity contribution is -0.160. The predicted octanol–water partition coefficient (Wildman–Crippen LogP) is 3.29. The molecule has 0 N–H and O–H groups in total. The van der Waals surface area contributed by atoms with Gasteiger partial charge in [-0.05, 0) is 17.7 Å². The van der Waals surface area contributed by atoms with Gasteiger partial charge >= 0.3 is 6.18 Å². The zero-order chi connectivity index (χ0) is 15.3. The SMILES string of the molecule is O=C(Cc1ccc(F)c(F)c1)N(CCBr)CC(F)(F)F. The number of rotatable bonds is 5. The van der Waals surface area contributed by atoms with Crippen molar-refractivity contribution in [1.82, 2.24) is 4.90 Å². The van der Waals surface area contributed by atoms with Gasteiger partial charge in [0.15, 0.2) is 11.6 Å². The summed E-state index contributed by atoms with van der Waals surface area (Å²) in [5.74, 6) is -3.01. The maximum Gasteiger partial charge on any atom is 0.406 e. The Morgan fingerprint density at radius 1 is 1.20 bits per heavy atom. The van der Waals surface area contributed by atoms with Crippen LogP contribution in [0.15, 0.2) is 18.2 Å². The van der Waals surface area contributed by atoms with Gasteiger partial charge in [0, 0.05) is 11.9 Å². The van der Waals surface area contributed by atoms with Gasteiger partial charge < -0.3 is 4.90 Å². The van der Waals surface area contributed by atoms with Gasteiger partial charge in [0.05, 0.1) is 6.42 Å². The second kappa shape index (κ2) is 7.01. The summed E-state index contributed by atoms with van der Waals surface area (Å²) in [6.07, 6.45) is -4.92. The van der Waals surface area contributed by atoms with Crippen LogP contribution in [-0.2, 0) is 11.2 Å². The number of carbonyl (C=O) groups is 1. The lowest BCUT2D eigenvalue weighted by atomic mass is 10.1. The van der Waals surface area contributed by atoms with Crippen LogP contribution in [0.5, 0.6) is 0 Å². The molecule has 1 amide bonds. The van der Waals surface area contributed by atoms with Gasteiger partial charge in [-0.15, -0.1) is 0 Å². The maximum atomic E-state index is 13.0. The first-order valence-electron chi connectivity index (χ1n) is 5.57. The summed E-state index contributed by atoms with van der Waals surface area (Å²) in [5, 5.41) is 0.187. The molecule has 112 valence electrons. The van der Waals surface area contributed by atoms with Gasteiger partial charge in [-0.1, -0.05) is 22.0 Å². The quantitative estimate of drug-likeness (QED) is 0.583. The van der Waals surface area contributed by atoms with Gasteiger partial charge in [0.25, 0.3) is 0 Å². The number of hydrogen-bond donors (Lipinski definition) is 0. The Hall–Kier alpha value is -1.18. The normalized spacial score (nSPS) is 11.5. The Kier molecular flexibility index (Phi) is 5.91. The summed E-state index contributed by atoms with van der Waals surface area (Å²) in [5.41, 5.74) is 0.121. The summed E-state index contributed by atoms with van der Waals surface area (Å²) in [6, 6.07) is 2.79. The van der Waals surface area contributed by atoms with E-state index in [4.69, 9.17) is 0 Å². The summed E-state index contributed by atoms with van der Waals surface area (Å²) < 4.78 is 62.7. The van der Waals surface area contributed by atoms with Crippen LogP contribution in [0.4, 0.5) is 22.0 Å². The van der Waals surface area contributed by atoms with E-state index >= 15 is 0 Å². The third-order valence-corrected chi connectivity index (χ3v) is 2.77. The zero-order valence-corrected chi connectivity index (χ0v) is 11.8. The average Bonchev–Trinajstić information content (AvgIpc) is 2.31. The largest absolute Gasteiger partial charge is 0.406 e. The van der Waals surface area contributed by atoms with Crippen molar-refractivity contribution in [2.45, 2.75) is 12.6 Å². The van der Waals surface area contributed by atoms with Crippen molar-refractivity contribution in [3.8, 4) is 0 Å². The second-order valence-electron chi connectivity index (χ2n) is 4.04. The number of benzene rings is 1. The van der Waals surface area contributed by atoms with E-state index < -0.39 is 36.7 Å². The highest BCUT2D eigenvalue weighted by molar-refractivity contribution is 9.09. The molecule has 0 aliphatic rings. The topological polar surface area (TPSA) is 20.3 Å². The van der Waals surface area contributed by atoms with Gasteiger partial charge in [0.2, 0.25) is 5.91 Å². The third-order valence-electron chi connectivity index (χ3n) is 2.42. The fourth-order valence-corrected chi connectivity index (χ4v) is 1.97. The monoisotopic (exact) mass is 359 g/mol. The van der Waals surface area contributed by atoms with Gasteiger partial charge in [-0.2, -0.15) is 13.2 Å². The Morgan fingerprint density at radius 3 is 2.35 bits per heavy atom. The number of alkyl halides is 4. The van der Waals surface area contributed by atoms with Crippen LogP contribution < -0.4 is 0 Å².